The zero-order valence-corrected chi connectivity index (χ0v) is 13.3. The summed E-state index contributed by atoms with van der Waals surface area (Å²) in [7, 11) is 1.71. The minimum atomic E-state index is -0.706. The van der Waals surface area contributed by atoms with Crippen LogP contribution in [0.15, 0.2) is 24.3 Å². The Morgan fingerprint density at radius 2 is 1.87 bits per heavy atom. The topological polar surface area (TPSA) is 101 Å². The van der Waals surface area contributed by atoms with E-state index in [1.54, 1.807) is 31.3 Å². The number of aldehydes is 1. The fraction of sp³-hybridized carbons (Fsp3) is 0.471. The molecule has 0 radical (unpaired) electrons. The molecule has 0 aromatic heterocycles. The van der Waals surface area contributed by atoms with Crippen LogP contribution in [0.4, 0.5) is 0 Å². The number of carbonyl (C=O) groups excluding carboxylic acids is 3. The Kier molecular flexibility index (Phi) is 5.50. The minimum absolute atomic E-state index is 0.180. The monoisotopic (exact) mass is 317 g/mol. The first-order valence-electron chi connectivity index (χ1n) is 7.84. The van der Waals surface area contributed by atoms with Crippen LogP contribution in [0.1, 0.15) is 41.6 Å². The van der Waals surface area contributed by atoms with Crippen LogP contribution in [0.25, 0.3) is 0 Å². The second kappa shape index (κ2) is 7.37. The van der Waals surface area contributed by atoms with Gasteiger partial charge in [0.05, 0.1) is 11.6 Å². The van der Waals surface area contributed by atoms with Gasteiger partial charge in [0.2, 0.25) is 11.8 Å². The lowest BCUT2D eigenvalue weighted by Crippen LogP contribution is -2.54. The number of hydrogen-bond acceptors (Lipinski definition) is 4. The highest BCUT2D eigenvalue weighted by molar-refractivity contribution is 5.92. The van der Waals surface area contributed by atoms with Gasteiger partial charge in [0.25, 0.3) is 0 Å². The van der Waals surface area contributed by atoms with E-state index in [1.807, 2.05) is 0 Å². The zero-order valence-electron chi connectivity index (χ0n) is 13.3. The molecule has 1 aromatic rings. The maximum atomic E-state index is 12.5. The normalized spacial score (nSPS) is 17.4. The number of amides is 2. The van der Waals surface area contributed by atoms with E-state index in [9.17, 15) is 14.4 Å². The van der Waals surface area contributed by atoms with E-state index in [4.69, 9.17) is 5.73 Å². The SMILES string of the molecule is CNC(Cc1ccc(C(N)=O)cc1)C(=O)NC1(C=O)CCCC1. The predicted molar refractivity (Wildman–Crippen MR) is 86.9 cm³/mol. The van der Waals surface area contributed by atoms with Gasteiger partial charge in [0, 0.05) is 5.56 Å². The molecular formula is C17H23N3O3. The smallest absolute Gasteiger partial charge is 0.248 e. The number of rotatable bonds is 7. The Bertz CT molecular complexity index is 577. The Hall–Kier alpha value is -2.21. The highest BCUT2D eigenvalue weighted by Gasteiger charge is 2.36. The maximum absolute atomic E-state index is 12.5. The molecule has 1 saturated carbocycles. The minimum Gasteiger partial charge on any atom is -0.366 e. The molecule has 2 rings (SSSR count). The molecule has 6 nitrogen and oxygen atoms in total. The zero-order chi connectivity index (χ0) is 16.9. The van der Waals surface area contributed by atoms with Crippen molar-refractivity contribution in [2.45, 2.75) is 43.7 Å². The Morgan fingerprint density at radius 3 is 2.35 bits per heavy atom. The molecule has 124 valence electrons. The standard InChI is InChI=1S/C17H23N3O3/c1-19-14(10-12-4-6-13(7-5-12)15(18)22)16(23)20-17(11-21)8-2-3-9-17/h4-7,11,14,19H,2-3,8-10H2,1H3,(H2,18,22)(H,20,23). The first kappa shape index (κ1) is 17.1. The largest absolute Gasteiger partial charge is 0.366 e. The van der Waals surface area contributed by atoms with Gasteiger partial charge in [-0.15, -0.1) is 0 Å². The Balaban J connectivity index is 2.02. The molecule has 4 N–H and O–H groups in total. The average molecular weight is 317 g/mol. The van der Waals surface area contributed by atoms with Crippen molar-refractivity contribution in [3.8, 4) is 0 Å². The molecule has 0 bridgehead atoms. The Morgan fingerprint density at radius 1 is 1.26 bits per heavy atom. The van der Waals surface area contributed by atoms with Crippen molar-refractivity contribution in [3.05, 3.63) is 35.4 Å². The van der Waals surface area contributed by atoms with Gasteiger partial charge in [-0.05, 0) is 44.0 Å². The van der Waals surface area contributed by atoms with E-state index >= 15 is 0 Å². The third-order valence-corrected chi connectivity index (χ3v) is 4.44. The number of carbonyl (C=O) groups is 3. The molecule has 0 spiro atoms. The van der Waals surface area contributed by atoms with Crippen molar-refractivity contribution in [2.75, 3.05) is 7.05 Å². The summed E-state index contributed by atoms with van der Waals surface area (Å²) < 4.78 is 0. The van der Waals surface area contributed by atoms with Gasteiger partial charge < -0.3 is 21.2 Å². The third kappa shape index (κ3) is 4.16. The second-order valence-electron chi connectivity index (χ2n) is 6.08. The van der Waals surface area contributed by atoms with E-state index in [1.165, 1.54) is 0 Å². The summed E-state index contributed by atoms with van der Waals surface area (Å²) >= 11 is 0. The van der Waals surface area contributed by atoms with Crippen LogP contribution in [-0.2, 0) is 16.0 Å². The molecule has 1 aliphatic carbocycles. The molecule has 2 amide bonds. The van der Waals surface area contributed by atoms with Crippen LogP contribution in [0.3, 0.4) is 0 Å². The summed E-state index contributed by atoms with van der Waals surface area (Å²) in [4.78, 5) is 34.9. The molecule has 23 heavy (non-hydrogen) atoms. The number of hydrogen-bond donors (Lipinski definition) is 3. The van der Waals surface area contributed by atoms with E-state index in [2.05, 4.69) is 10.6 Å². The van der Waals surface area contributed by atoms with Crippen molar-refractivity contribution in [1.82, 2.24) is 10.6 Å². The lowest BCUT2D eigenvalue weighted by atomic mass is 9.97. The summed E-state index contributed by atoms with van der Waals surface area (Å²) in [5.41, 5.74) is 5.85. The number of nitrogens with two attached hydrogens (primary N) is 1. The number of benzene rings is 1. The second-order valence-corrected chi connectivity index (χ2v) is 6.08. The fourth-order valence-corrected chi connectivity index (χ4v) is 2.98. The molecule has 1 aromatic carbocycles. The van der Waals surface area contributed by atoms with Gasteiger partial charge in [-0.25, -0.2) is 0 Å². The van der Waals surface area contributed by atoms with Crippen molar-refractivity contribution >= 4 is 18.1 Å². The summed E-state index contributed by atoms with van der Waals surface area (Å²) in [5, 5.41) is 5.88. The van der Waals surface area contributed by atoms with Gasteiger partial charge in [0.1, 0.15) is 6.29 Å². The number of likely N-dealkylation sites (N-methyl/N-ethyl adjacent to an activating group) is 1. The Labute approximate surface area is 135 Å². The lowest BCUT2D eigenvalue weighted by Gasteiger charge is -2.26. The molecule has 0 saturated heterocycles. The molecule has 1 unspecified atom stereocenters. The molecule has 1 aliphatic rings. The van der Waals surface area contributed by atoms with Crippen LogP contribution >= 0.6 is 0 Å². The van der Waals surface area contributed by atoms with Crippen LogP contribution in [0, 0.1) is 0 Å². The van der Waals surface area contributed by atoms with Crippen LogP contribution in [-0.4, -0.2) is 36.7 Å². The molecule has 0 aliphatic heterocycles. The first-order valence-corrected chi connectivity index (χ1v) is 7.84. The van der Waals surface area contributed by atoms with E-state index in [0.717, 1.165) is 24.7 Å². The van der Waals surface area contributed by atoms with E-state index < -0.39 is 17.5 Å². The summed E-state index contributed by atoms with van der Waals surface area (Å²) in [6.45, 7) is 0. The molecule has 0 heterocycles. The lowest BCUT2D eigenvalue weighted by molar-refractivity contribution is -0.128. The fourth-order valence-electron chi connectivity index (χ4n) is 2.98. The van der Waals surface area contributed by atoms with Gasteiger partial charge >= 0.3 is 0 Å². The van der Waals surface area contributed by atoms with E-state index in [0.29, 0.717) is 24.8 Å². The van der Waals surface area contributed by atoms with Crippen LogP contribution in [0.5, 0.6) is 0 Å². The maximum Gasteiger partial charge on any atom is 0.248 e. The van der Waals surface area contributed by atoms with Crippen molar-refractivity contribution in [3.63, 3.8) is 0 Å². The van der Waals surface area contributed by atoms with E-state index in [-0.39, 0.29) is 5.91 Å². The number of nitrogens with one attached hydrogen (secondary N) is 2. The quantitative estimate of drug-likeness (QED) is 0.639. The molecule has 6 heteroatoms. The molecular weight excluding hydrogens is 294 g/mol. The predicted octanol–water partition coefficient (Wildman–Crippen LogP) is 0.544. The van der Waals surface area contributed by atoms with Crippen molar-refractivity contribution < 1.29 is 14.4 Å². The van der Waals surface area contributed by atoms with Gasteiger partial charge in [-0.1, -0.05) is 25.0 Å². The highest BCUT2D eigenvalue weighted by Crippen LogP contribution is 2.27. The van der Waals surface area contributed by atoms with Crippen LogP contribution in [0.2, 0.25) is 0 Å². The van der Waals surface area contributed by atoms with Gasteiger partial charge in [-0.3, -0.25) is 9.59 Å². The first-order chi connectivity index (χ1) is 11.0. The van der Waals surface area contributed by atoms with Crippen molar-refractivity contribution in [1.29, 1.82) is 0 Å². The van der Waals surface area contributed by atoms with Crippen LogP contribution < -0.4 is 16.4 Å². The van der Waals surface area contributed by atoms with Gasteiger partial charge in [-0.2, -0.15) is 0 Å². The summed E-state index contributed by atoms with van der Waals surface area (Å²) in [5.74, 6) is -0.658. The summed E-state index contributed by atoms with van der Waals surface area (Å²) in [6, 6.07) is 6.41. The van der Waals surface area contributed by atoms with Crippen molar-refractivity contribution in [2.24, 2.45) is 5.73 Å². The summed E-state index contributed by atoms with van der Waals surface area (Å²) in [6.07, 6.45) is 4.65. The number of primary amides is 1. The third-order valence-electron chi connectivity index (χ3n) is 4.44. The highest BCUT2D eigenvalue weighted by atomic mass is 16.2. The molecule has 1 atom stereocenters. The van der Waals surface area contributed by atoms with Gasteiger partial charge in [0.15, 0.2) is 0 Å². The average Bonchev–Trinajstić information content (AvgIpc) is 3.02. The molecule has 1 fully saturated rings.